The third kappa shape index (κ3) is 5.99. The van der Waals surface area contributed by atoms with Crippen LogP contribution in [-0.4, -0.2) is 40.0 Å². The van der Waals surface area contributed by atoms with Crippen molar-refractivity contribution in [2.75, 3.05) is 6.61 Å². The minimum atomic E-state index is -0.764. The summed E-state index contributed by atoms with van der Waals surface area (Å²) in [6.07, 6.45) is 4.01. The van der Waals surface area contributed by atoms with Gasteiger partial charge < -0.3 is 24.4 Å². The first-order valence-corrected chi connectivity index (χ1v) is 11.1. The Balaban J connectivity index is 1.67. The number of carbonyl (C=O) groups is 2. The van der Waals surface area contributed by atoms with E-state index in [4.69, 9.17) is 14.0 Å². The summed E-state index contributed by atoms with van der Waals surface area (Å²) in [5.41, 5.74) is 2.65. The van der Waals surface area contributed by atoms with E-state index in [1.165, 1.54) is 0 Å². The first-order chi connectivity index (χ1) is 15.4. The molecule has 9 heteroatoms. The molecule has 0 bridgehead atoms. The lowest BCUT2D eigenvalue weighted by Crippen LogP contribution is -2.29. The van der Waals surface area contributed by atoms with Crippen LogP contribution in [0.3, 0.4) is 0 Å². The maximum absolute atomic E-state index is 11.9. The zero-order chi connectivity index (χ0) is 23.1. The molecule has 1 fully saturated rings. The molecule has 2 aromatic heterocycles. The molecule has 0 unspecified atom stereocenters. The number of amides is 1. The fourth-order valence-electron chi connectivity index (χ4n) is 3.77. The van der Waals surface area contributed by atoms with E-state index in [1.807, 2.05) is 19.9 Å². The Kier molecular flexibility index (Phi) is 8.08. The van der Waals surface area contributed by atoms with Gasteiger partial charge in [-0.25, -0.2) is 9.78 Å². The number of rotatable bonds is 9. The maximum atomic E-state index is 11.9. The van der Waals surface area contributed by atoms with E-state index in [2.05, 4.69) is 15.5 Å². The van der Waals surface area contributed by atoms with Crippen LogP contribution in [0, 0.1) is 19.8 Å². The molecule has 0 radical (unpaired) electrons. The van der Waals surface area contributed by atoms with Gasteiger partial charge in [-0.05, 0) is 58.1 Å². The number of nitrogens with zero attached hydrogens (tertiary/aromatic N) is 2. The minimum absolute atomic E-state index is 0.137. The number of carbonyl (C=O) groups excluding carboxylic acids is 1. The van der Waals surface area contributed by atoms with Crippen molar-refractivity contribution < 1.29 is 28.7 Å². The summed E-state index contributed by atoms with van der Waals surface area (Å²) in [4.78, 5) is 27.8. The molecule has 1 aliphatic rings. The molecular weight excluding hydrogens is 414 g/mol. The highest BCUT2D eigenvalue weighted by Gasteiger charge is 2.28. The number of aliphatic carboxylic acids is 1. The molecule has 2 N–H and O–H groups in total. The van der Waals surface area contributed by atoms with Crippen LogP contribution in [0.1, 0.15) is 62.4 Å². The van der Waals surface area contributed by atoms with Crippen LogP contribution in [0.15, 0.2) is 16.7 Å². The third-order valence-corrected chi connectivity index (χ3v) is 5.66. The molecule has 2 heterocycles. The maximum Gasteiger partial charge on any atom is 0.407 e. The molecule has 0 aliphatic heterocycles. The quantitative estimate of drug-likeness (QED) is 0.544. The molecule has 0 aromatic carbocycles. The van der Waals surface area contributed by atoms with E-state index in [1.54, 1.807) is 13.0 Å². The zero-order valence-electron chi connectivity index (χ0n) is 18.8. The van der Waals surface area contributed by atoms with Crippen molar-refractivity contribution in [1.29, 1.82) is 0 Å². The normalized spacial score (nSPS) is 18.2. The summed E-state index contributed by atoms with van der Waals surface area (Å²) >= 11 is 0. The summed E-state index contributed by atoms with van der Waals surface area (Å²) in [7, 11) is 0. The van der Waals surface area contributed by atoms with Crippen LogP contribution in [0.25, 0.3) is 11.5 Å². The Hall–Kier alpha value is -3.10. The van der Waals surface area contributed by atoms with E-state index in [0.717, 1.165) is 31.2 Å². The van der Waals surface area contributed by atoms with Crippen LogP contribution >= 0.6 is 0 Å². The first kappa shape index (κ1) is 23.6. The summed E-state index contributed by atoms with van der Waals surface area (Å²) < 4.78 is 16.7. The Morgan fingerprint density at radius 1 is 1.25 bits per heavy atom. The molecule has 0 spiro atoms. The highest BCUT2D eigenvalue weighted by atomic mass is 16.5. The Morgan fingerprint density at radius 2 is 2.06 bits per heavy atom. The van der Waals surface area contributed by atoms with Crippen LogP contribution in [0.2, 0.25) is 0 Å². The summed E-state index contributed by atoms with van der Waals surface area (Å²) in [6.45, 7) is 6.27. The van der Waals surface area contributed by atoms with E-state index >= 15 is 0 Å². The van der Waals surface area contributed by atoms with Crippen molar-refractivity contribution >= 4 is 12.1 Å². The molecule has 2 atom stereocenters. The molecule has 32 heavy (non-hydrogen) atoms. The lowest BCUT2D eigenvalue weighted by Gasteiger charge is -2.27. The SMILES string of the molecule is CCCCOC(=O)NCc1c(C)noc1-c1ccc(O[C@H]2CCC[C@H](C(=O)O)C2)c(C)n1. The fourth-order valence-corrected chi connectivity index (χ4v) is 3.77. The van der Waals surface area contributed by atoms with Gasteiger partial charge in [0.1, 0.15) is 11.4 Å². The summed E-state index contributed by atoms with van der Waals surface area (Å²) in [6, 6.07) is 3.60. The average Bonchev–Trinajstić information content (AvgIpc) is 3.14. The molecule has 3 rings (SSSR count). The van der Waals surface area contributed by atoms with Gasteiger partial charge in [-0.2, -0.15) is 0 Å². The van der Waals surface area contributed by atoms with Gasteiger partial charge in [0.15, 0.2) is 5.76 Å². The second kappa shape index (κ2) is 11.0. The number of hydrogen-bond donors (Lipinski definition) is 2. The lowest BCUT2D eigenvalue weighted by molar-refractivity contribution is -0.143. The summed E-state index contributed by atoms with van der Waals surface area (Å²) in [5.74, 6) is -0.0171. The van der Waals surface area contributed by atoms with Crippen molar-refractivity contribution in [1.82, 2.24) is 15.5 Å². The van der Waals surface area contributed by atoms with Crippen molar-refractivity contribution in [3.8, 4) is 17.2 Å². The van der Waals surface area contributed by atoms with Crippen LogP contribution < -0.4 is 10.1 Å². The number of ether oxygens (including phenoxy) is 2. The number of unbranched alkanes of at least 4 members (excludes halogenated alkanes) is 1. The topological polar surface area (TPSA) is 124 Å². The van der Waals surface area contributed by atoms with Crippen molar-refractivity contribution in [3.05, 3.63) is 29.1 Å². The van der Waals surface area contributed by atoms with Crippen molar-refractivity contribution in [3.63, 3.8) is 0 Å². The number of aromatic nitrogens is 2. The molecule has 2 aromatic rings. The second-order valence-corrected chi connectivity index (χ2v) is 8.14. The molecule has 9 nitrogen and oxygen atoms in total. The predicted octanol–water partition coefficient (Wildman–Crippen LogP) is 4.40. The predicted molar refractivity (Wildman–Crippen MR) is 116 cm³/mol. The van der Waals surface area contributed by atoms with E-state index in [-0.39, 0.29) is 18.6 Å². The van der Waals surface area contributed by atoms with Gasteiger partial charge in [0.25, 0.3) is 0 Å². The van der Waals surface area contributed by atoms with E-state index in [0.29, 0.717) is 48.0 Å². The smallest absolute Gasteiger partial charge is 0.407 e. The van der Waals surface area contributed by atoms with Crippen LogP contribution in [-0.2, 0) is 16.1 Å². The molecule has 0 saturated heterocycles. The van der Waals surface area contributed by atoms with E-state index < -0.39 is 12.1 Å². The number of alkyl carbamates (subject to hydrolysis) is 1. The van der Waals surface area contributed by atoms with Gasteiger partial charge in [-0.15, -0.1) is 0 Å². The molecule has 1 amide bonds. The number of nitrogens with one attached hydrogen (secondary N) is 1. The lowest BCUT2D eigenvalue weighted by atomic mass is 9.87. The largest absolute Gasteiger partial charge is 0.489 e. The van der Waals surface area contributed by atoms with Gasteiger partial charge in [-0.3, -0.25) is 4.79 Å². The molecule has 174 valence electrons. The van der Waals surface area contributed by atoms with Gasteiger partial charge in [0.05, 0.1) is 36.6 Å². The Labute approximate surface area is 187 Å². The van der Waals surface area contributed by atoms with Gasteiger partial charge in [0, 0.05) is 5.56 Å². The minimum Gasteiger partial charge on any atom is -0.489 e. The number of aryl methyl sites for hydroxylation is 2. The second-order valence-electron chi connectivity index (χ2n) is 8.14. The summed E-state index contributed by atoms with van der Waals surface area (Å²) in [5, 5.41) is 16.0. The average molecular weight is 446 g/mol. The molecular formula is C23H31N3O6. The zero-order valence-corrected chi connectivity index (χ0v) is 18.8. The number of pyridine rings is 1. The number of carboxylic acid groups (broad SMARTS) is 1. The van der Waals surface area contributed by atoms with Crippen LogP contribution in [0.5, 0.6) is 5.75 Å². The van der Waals surface area contributed by atoms with Crippen molar-refractivity contribution in [2.45, 2.75) is 71.9 Å². The molecule has 1 saturated carbocycles. The monoisotopic (exact) mass is 445 g/mol. The van der Waals surface area contributed by atoms with Crippen molar-refractivity contribution in [2.24, 2.45) is 5.92 Å². The van der Waals surface area contributed by atoms with Gasteiger partial charge in [0.2, 0.25) is 0 Å². The van der Waals surface area contributed by atoms with Crippen LogP contribution in [0.4, 0.5) is 4.79 Å². The first-order valence-electron chi connectivity index (χ1n) is 11.1. The Bertz CT molecular complexity index is 942. The number of hydrogen-bond acceptors (Lipinski definition) is 7. The standard InChI is InChI=1S/C23H31N3O6/c1-4-5-11-30-23(29)24-13-18-14(2)26-32-21(18)19-9-10-20(15(3)25-19)31-17-8-6-7-16(12-17)22(27)28/h9-10,16-17H,4-8,11-13H2,1-3H3,(H,24,29)(H,27,28)/t16-,17-/m0/s1. The van der Waals surface area contributed by atoms with E-state index in [9.17, 15) is 14.7 Å². The van der Waals surface area contributed by atoms with Gasteiger partial charge in [-0.1, -0.05) is 18.5 Å². The fraction of sp³-hybridized carbons (Fsp3) is 0.565. The molecule has 1 aliphatic carbocycles. The highest BCUT2D eigenvalue weighted by Crippen LogP contribution is 2.31. The van der Waals surface area contributed by atoms with Gasteiger partial charge >= 0.3 is 12.1 Å². The third-order valence-electron chi connectivity index (χ3n) is 5.66. The number of carboxylic acids is 1. The Morgan fingerprint density at radius 3 is 2.78 bits per heavy atom. The highest BCUT2D eigenvalue weighted by molar-refractivity contribution is 5.70.